The predicted octanol–water partition coefficient (Wildman–Crippen LogP) is 2.93. The molecule has 1 aliphatic carbocycles. The molecule has 1 fully saturated rings. The number of anilines is 1. The van der Waals surface area contributed by atoms with Crippen molar-refractivity contribution in [3.63, 3.8) is 0 Å². The van der Waals surface area contributed by atoms with Crippen molar-refractivity contribution in [3.8, 4) is 5.75 Å². The van der Waals surface area contributed by atoms with Gasteiger partial charge < -0.3 is 15.8 Å². The molecular formula is C16H24N2O2. The highest BCUT2D eigenvalue weighted by atomic mass is 16.5. The van der Waals surface area contributed by atoms with Crippen molar-refractivity contribution in [1.82, 2.24) is 0 Å². The van der Waals surface area contributed by atoms with E-state index >= 15 is 0 Å². The molecule has 0 aromatic heterocycles. The minimum atomic E-state index is -0.697. The van der Waals surface area contributed by atoms with Gasteiger partial charge in [-0.3, -0.25) is 4.79 Å². The van der Waals surface area contributed by atoms with Gasteiger partial charge in [0, 0.05) is 11.8 Å². The van der Waals surface area contributed by atoms with Crippen LogP contribution in [0.25, 0.3) is 0 Å². The molecule has 0 heterocycles. The average Bonchev–Trinajstić information content (AvgIpc) is 2.41. The summed E-state index contributed by atoms with van der Waals surface area (Å²) in [6.07, 6.45) is 3.92. The van der Waals surface area contributed by atoms with Crippen LogP contribution in [0.3, 0.4) is 0 Å². The van der Waals surface area contributed by atoms with Crippen LogP contribution < -0.4 is 15.8 Å². The summed E-state index contributed by atoms with van der Waals surface area (Å²) in [6.45, 7) is 4.23. The van der Waals surface area contributed by atoms with Gasteiger partial charge in [-0.1, -0.05) is 32.8 Å². The Morgan fingerprint density at radius 1 is 1.30 bits per heavy atom. The molecule has 0 aliphatic heterocycles. The third-order valence-electron chi connectivity index (χ3n) is 4.61. The second-order valence-electron chi connectivity index (χ2n) is 6.22. The van der Waals surface area contributed by atoms with Crippen LogP contribution in [0.15, 0.2) is 24.3 Å². The zero-order chi connectivity index (χ0) is 14.8. The minimum absolute atomic E-state index is 0.167. The number of methoxy groups -OCH3 is 1. The maximum atomic E-state index is 12.2. The van der Waals surface area contributed by atoms with E-state index in [4.69, 9.17) is 10.5 Å². The first-order valence-corrected chi connectivity index (χ1v) is 7.13. The molecule has 110 valence electrons. The zero-order valence-electron chi connectivity index (χ0n) is 12.5. The van der Waals surface area contributed by atoms with Crippen molar-refractivity contribution in [2.45, 2.75) is 45.1 Å². The van der Waals surface area contributed by atoms with Crippen LogP contribution in [-0.2, 0) is 4.79 Å². The number of carbonyl (C=O) groups is 1. The van der Waals surface area contributed by atoms with Gasteiger partial charge in [-0.25, -0.2) is 0 Å². The summed E-state index contributed by atoms with van der Waals surface area (Å²) < 4.78 is 5.23. The van der Waals surface area contributed by atoms with Gasteiger partial charge in [0.1, 0.15) is 11.3 Å². The summed E-state index contributed by atoms with van der Waals surface area (Å²) >= 11 is 0. The van der Waals surface area contributed by atoms with Crippen LogP contribution >= 0.6 is 0 Å². The van der Waals surface area contributed by atoms with E-state index in [1.54, 1.807) is 7.11 Å². The predicted molar refractivity (Wildman–Crippen MR) is 80.8 cm³/mol. The molecule has 1 amide bonds. The van der Waals surface area contributed by atoms with E-state index in [0.717, 1.165) is 37.1 Å². The third kappa shape index (κ3) is 2.47. The topological polar surface area (TPSA) is 64.3 Å². The average molecular weight is 276 g/mol. The Balaban J connectivity index is 2.36. The summed E-state index contributed by atoms with van der Waals surface area (Å²) in [5, 5.41) is 3.40. The SMILES string of the molecule is COc1cccc(NC2(C(N)=O)CCCCC2(C)C)c1. The van der Waals surface area contributed by atoms with Crippen molar-refractivity contribution in [2.75, 3.05) is 12.4 Å². The van der Waals surface area contributed by atoms with Crippen LogP contribution in [0.1, 0.15) is 39.5 Å². The molecule has 4 heteroatoms. The molecular weight excluding hydrogens is 252 g/mol. The van der Waals surface area contributed by atoms with Gasteiger partial charge in [0.25, 0.3) is 0 Å². The normalized spacial score (nSPS) is 24.9. The molecule has 1 unspecified atom stereocenters. The van der Waals surface area contributed by atoms with Gasteiger partial charge in [0.2, 0.25) is 5.91 Å². The first-order chi connectivity index (χ1) is 9.41. The van der Waals surface area contributed by atoms with Gasteiger partial charge in [-0.05, 0) is 30.4 Å². The molecule has 1 aromatic rings. The van der Waals surface area contributed by atoms with Crippen molar-refractivity contribution in [1.29, 1.82) is 0 Å². The smallest absolute Gasteiger partial charge is 0.243 e. The Kier molecular flexibility index (Phi) is 3.93. The van der Waals surface area contributed by atoms with Crippen molar-refractivity contribution >= 4 is 11.6 Å². The molecule has 4 nitrogen and oxygen atoms in total. The van der Waals surface area contributed by atoms with Gasteiger partial charge in [-0.15, -0.1) is 0 Å². The largest absolute Gasteiger partial charge is 0.497 e. The summed E-state index contributed by atoms with van der Waals surface area (Å²) in [6, 6.07) is 7.63. The molecule has 0 saturated heterocycles. The fourth-order valence-corrected chi connectivity index (χ4v) is 3.21. The van der Waals surface area contributed by atoms with E-state index in [0.29, 0.717) is 0 Å². The number of ether oxygens (including phenoxy) is 1. The van der Waals surface area contributed by atoms with Gasteiger partial charge in [0.15, 0.2) is 0 Å². The second-order valence-corrected chi connectivity index (χ2v) is 6.22. The number of nitrogens with two attached hydrogens (primary N) is 1. The number of nitrogens with one attached hydrogen (secondary N) is 1. The van der Waals surface area contributed by atoms with Gasteiger partial charge >= 0.3 is 0 Å². The Bertz CT molecular complexity index is 499. The summed E-state index contributed by atoms with van der Waals surface area (Å²) in [5.74, 6) is 0.494. The van der Waals surface area contributed by atoms with Crippen molar-refractivity contribution in [2.24, 2.45) is 11.1 Å². The van der Waals surface area contributed by atoms with E-state index < -0.39 is 5.54 Å². The standard InChI is InChI=1S/C16H24N2O2/c1-15(2)9-4-5-10-16(15,14(17)19)18-12-7-6-8-13(11-12)20-3/h6-8,11,18H,4-5,9-10H2,1-3H3,(H2,17,19). The van der Waals surface area contributed by atoms with E-state index in [1.165, 1.54) is 0 Å². The minimum Gasteiger partial charge on any atom is -0.497 e. The molecule has 1 saturated carbocycles. The molecule has 2 rings (SSSR count). The zero-order valence-corrected chi connectivity index (χ0v) is 12.5. The monoisotopic (exact) mass is 276 g/mol. The van der Waals surface area contributed by atoms with Crippen LogP contribution in [-0.4, -0.2) is 18.6 Å². The molecule has 0 spiro atoms. The first kappa shape index (κ1) is 14.7. The van der Waals surface area contributed by atoms with Crippen molar-refractivity contribution < 1.29 is 9.53 Å². The summed E-state index contributed by atoms with van der Waals surface area (Å²) in [5.41, 5.74) is 5.77. The van der Waals surface area contributed by atoms with Crippen LogP contribution in [0.2, 0.25) is 0 Å². The highest BCUT2D eigenvalue weighted by Gasteiger charge is 2.51. The Morgan fingerprint density at radius 2 is 2.00 bits per heavy atom. The molecule has 0 radical (unpaired) electrons. The number of hydrogen-bond donors (Lipinski definition) is 2. The lowest BCUT2D eigenvalue weighted by atomic mass is 9.62. The molecule has 1 atom stereocenters. The maximum Gasteiger partial charge on any atom is 0.243 e. The summed E-state index contributed by atoms with van der Waals surface area (Å²) in [7, 11) is 1.63. The fraction of sp³-hybridized carbons (Fsp3) is 0.562. The third-order valence-corrected chi connectivity index (χ3v) is 4.61. The number of benzene rings is 1. The molecule has 1 aromatic carbocycles. The van der Waals surface area contributed by atoms with E-state index in [1.807, 2.05) is 24.3 Å². The number of rotatable bonds is 4. The van der Waals surface area contributed by atoms with E-state index in [2.05, 4.69) is 19.2 Å². The maximum absolute atomic E-state index is 12.2. The molecule has 20 heavy (non-hydrogen) atoms. The number of primary amides is 1. The summed E-state index contributed by atoms with van der Waals surface area (Å²) in [4.78, 5) is 12.2. The number of hydrogen-bond acceptors (Lipinski definition) is 3. The second kappa shape index (κ2) is 5.35. The molecule has 1 aliphatic rings. The van der Waals surface area contributed by atoms with Crippen molar-refractivity contribution in [3.05, 3.63) is 24.3 Å². The van der Waals surface area contributed by atoms with E-state index in [-0.39, 0.29) is 11.3 Å². The molecule has 3 N–H and O–H groups in total. The quantitative estimate of drug-likeness (QED) is 0.888. The number of amides is 1. The lowest BCUT2D eigenvalue weighted by Gasteiger charge is -2.49. The Hall–Kier alpha value is -1.71. The fourth-order valence-electron chi connectivity index (χ4n) is 3.21. The van der Waals surface area contributed by atoms with Gasteiger partial charge in [-0.2, -0.15) is 0 Å². The Labute approximate surface area is 120 Å². The number of carbonyl (C=O) groups excluding carboxylic acids is 1. The lowest BCUT2D eigenvalue weighted by molar-refractivity contribution is -0.127. The first-order valence-electron chi connectivity index (χ1n) is 7.13. The lowest BCUT2D eigenvalue weighted by Crippen LogP contribution is -2.61. The van der Waals surface area contributed by atoms with Crippen LogP contribution in [0, 0.1) is 5.41 Å². The van der Waals surface area contributed by atoms with Crippen LogP contribution in [0.5, 0.6) is 5.75 Å². The van der Waals surface area contributed by atoms with Crippen LogP contribution in [0.4, 0.5) is 5.69 Å². The Morgan fingerprint density at radius 3 is 2.60 bits per heavy atom. The highest BCUT2D eigenvalue weighted by molar-refractivity contribution is 5.89. The van der Waals surface area contributed by atoms with Gasteiger partial charge in [0.05, 0.1) is 7.11 Å². The molecule has 0 bridgehead atoms. The highest BCUT2D eigenvalue weighted by Crippen LogP contribution is 2.45. The van der Waals surface area contributed by atoms with E-state index in [9.17, 15) is 4.79 Å².